The Balaban J connectivity index is 2.14. The lowest BCUT2D eigenvalue weighted by Crippen LogP contribution is -2.25. The van der Waals surface area contributed by atoms with Crippen molar-refractivity contribution < 1.29 is 9.90 Å². The number of fused-ring (bicyclic) bond motifs is 1. The molecule has 0 aliphatic carbocycles. The Bertz CT molecular complexity index is 647. The van der Waals surface area contributed by atoms with E-state index in [4.69, 9.17) is 16.7 Å². The summed E-state index contributed by atoms with van der Waals surface area (Å²) in [6.07, 6.45) is -0.510. The standard InChI is InChI=1S/C16H21ClN2O2/c1-9(2)13-7-15-11(6-14(13)17)5-12(19-15)8-18-16(21)4-10(3)20/h5-7,9-10,19-20H,4,8H2,1-3H3,(H,18,21). The summed E-state index contributed by atoms with van der Waals surface area (Å²) in [5.74, 6) is 0.198. The van der Waals surface area contributed by atoms with Crippen molar-refractivity contribution in [1.82, 2.24) is 10.3 Å². The molecule has 0 fully saturated rings. The summed E-state index contributed by atoms with van der Waals surface area (Å²) in [5.41, 5.74) is 3.04. The molecule has 0 saturated carbocycles. The van der Waals surface area contributed by atoms with Gasteiger partial charge >= 0.3 is 0 Å². The zero-order valence-electron chi connectivity index (χ0n) is 12.5. The number of aliphatic hydroxyl groups is 1. The monoisotopic (exact) mass is 308 g/mol. The average Bonchev–Trinajstić information content (AvgIpc) is 2.76. The Morgan fingerprint density at radius 1 is 1.33 bits per heavy atom. The normalized spacial score (nSPS) is 12.9. The van der Waals surface area contributed by atoms with Gasteiger partial charge in [-0.2, -0.15) is 0 Å². The SMILES string of the molecule is CC(O)CC(=O)NCc1cc2cc(Cl)c(C(C)C)cc2[nH]1. The summed E-state index contributed by atoms with van der Waals surface area (Å²) in [5, 5.41) is 13.7. The van der Waals surface area contributed by atoms with Crippen molar-refractivity contribution in [3.63, 3.8) is 0 Å². The number of aliphatic hydroxyl groups excluding tert-OH is 1. The van der Waals surface area contributed by atoms with Crippen molar-refractivity contribution in [3.05, 3.63) is 34.5 Å². The molecule has 0 aliphatic heterocycles. The van der Waals surface area contributed by atoms with Gasteiger partial charge in [-0.15, -0.1) is 0 Å². The highest BCUT2D eigenvalue weighted by Crippen LogP contribution is 2.29. The van der Waals surface area contributed by atoms with Gasteiger partial charge in [0.2, 0.25) is 5.91 Å². The second-order valence-electron chi connectivity index (χ2n) is 5.74. The number of benzene rings is 1. The number of carbonyl (C=O) groups excluding carboxylic acids is 1. The third-order valence-electron chi connectivity index (χ3n) is 3.37. The molecule has 1 heterocycles. The van der Waals surface area contributed by atoms with Crippen LogP contribution in [-0.2, 0) is 11.3 Å². The maximum absolute atomic E-state index is 11.5. The largest absolute Gasteiger partial charge is 0.393 e. The van der Waals surface area contributed by atoms with E-state index < -0.39 is 6.10 Å². The van der Waals surface area contributed by atoms with Crippen molar-refractivity contribution in [3.8, 4) is 0 Å². The number of halogens is 1. The maximum Gasteiger partial charge on any atom is 0.222 e. The Labute approximate surface area is 129 Å². The lowest BCUT2D eigenvalue weighted by Gasteiger charge is -2.07. The molecule has 1 atom stereocenters. The molecule has 0 spiro atoms. The van der Waals surface area contributed by atoms with Crippen LogP contribution in [0.2, 0.25) is 5.02 Å². The van der Waals surface area contributed by atoms with Gasteiger partial charge in [0.1, 0.15) is 0 Å². The zero-order chi connectivity index (χ0) is 15.6. The van der Waals surface area contributed by atoms with E-state index in [1.54, 1.807) is 6.92 Å². The van der Waals surface area contributed by atoms with E-state index in [-0.39, 0.29) is 12.3 Å². The molecule has 2 aromatic rings. The predicted octanol–water partition coefficient (Wildman–Crippen LogP) is 3.33. The molecule has 114 valence electrons. The highest BCUT2D eigenvalue weighted by molar-refractivity contribution is 6.32. The first-order valence-corrected chi connectivity index (χ1v) is 7.50. The highest BCUT2D eigenvalue weighted by atomic mass is 35.5. The minimum absolute atomic E-state index is 0.115. The lowest BCUT2D eigenvalue weighted by atomic mass is 10.0. The second kappa shape index (κ2) is 6.50. The Hall–Kier alpha value is -1.52. The first-order valence-electron chi connectivity index (χ1n) is 7.12. The molecule has 1 aromatic heterocycles. The third-order valence-corrected chi connectivity index (χ3v) is 3.70. The van der Waals surface area contributed by atoms with Gasteiger partial charge in [-0.05, 0) is 36.6 Å². The van der Waals surface area contributed by atoms with Gasteiger partial charge in [0.05, 0.1) is 19.1 Å². The number of rotatable bonds is 5. The van der Waals surface area contributed by atoms with Crippen LogP contribution in [0.3, 0.4) is 0 Å². The van der Waals surface area contributed by atoms with Crippen LogP contribution in [0.5, 0.6) is 0 Å². The van der Waals surface area contributed by atoms with E-state index in [1.165, 1.54) is 0 Å². The van der Waals surface area contributed by atoms with Crippen LogP contribution in [0.15, 0.2) is 18.2 Å². The number of H-pyrrole nitrogens is 1. The van der Waals surface area contributed by atoms with E-state index in [9.17, 15) is 4.79 Å². The fraction of sp³-hybridized carbons (Fsp3) is 0.438. The molecule has 21 heavy (non-hydrogen) atoms. The van der Waals surface area contributed by atoms with E-state index in [2.05, 4.69) is 30.2 Å². The first-order chi connectivity index (χ1) is 9.86. The molecule has 2 rings (SSSR count). The molecule has 4 nitrogen and oxygen atoms in total. The number of aromatic amines is 1. The predicted molar refractivity (Wildman–Crippen MR) is 85.5 cm³/mol. The number of aromatic nitrogens is 1. The van der Waals surface area contributed by atoms with Crippen LogP contribution in [0.25, 0.3) is 10.9 Å². The van der Waals surface area contributed by atoms with Crippen molar-refractivity contribution in [2.24, 2.45) is 0 Å². The van der Waals surface area contributed by atoms with Gasteiger partial charge in [-0.25, -0.2) is 0 Å². The Kier molecular flexibility index (Phi) is 4.91. The van der Waals surface area contributed by atoms with Crippen molar-refractivity contribution in [2.75, 3.05) is 0 Å². The summed E-state index contributed by atoms with van der Waals surface area (Å²) in [6, 6.07) is 5.99. The quantitative estimate of drug-likeness (QED) is 0.793. The van der Waals surface area contributed by atoms with Crippen molar-refractivity contribution in [2.45, 2.75) is 45.8 Å². The third kappa shape index (κ3) is 3.99. The minimum Gasteiger partial charge on any atom is -0.393 e. The molecule has 1 amide bonds. The highest BCUT2D eigenvalue weighted by Gasteiger charge is 2.10. The van der Waals surface area contributed by atoms with Crippen molar-refractivity contribution in [1.29, 1.82) is 0 Å². The van der Waals surface area contributed by atoms with Gasteiger partial charge in [0, 0.05) is 21.6 Å². The van der Waals surface area contributed by atoms with Crippen molar-refractivity contribution >= 4 is 28.4 Å². The van der Waals surface area contributed by atoms with Crippen LogP contribution in [-0.4, -0.2) is 22.1 Å². The smallest absolute Gasteiger partial charge is 0.222 e. The van der Waals surface area contributed by atoms with Gasteiger partial charge in [0.25, 0.3) is 0 Å². The molecule has 3 N–H and O–H groups in total. The molecule has 1 unspecified atom stereocenters. The first kappa shape index (κ1) is 15.9. The van der Waals surface area contributed by atoms with E-state index in [0.717, 1.165) is 27.2 Å². The fourth-order valence-corrected chi connectivity index (χ4v) is 2.69. The molecule has 0 bridgehead atoms. The van der Waals surface area contributed by atoms with Gasteiger partial charge in [-0.1, -0.05) is 25.4 Å². The zero-order valence-corrected chi connectivity index (χ0v) is 13.3. The second-order valence-corrected chi connectivity index (χ2v) is 6.15. The summed E-state index contributed by atoms with van der Waals surface area (Å²) in [4.78, 5) is 14.8. The summed E-state index contributed by atoms with van der Waals surface area (Å²) < 4.78 is 0. The number of amides is 1. The Morgan fingerprint density at radius 3 is 2.67 bits per heavy atom. The number of hydrogen-bond acceptors (Lipinski definition) is 2. The molecule has 0 aliphatic rings. The molecule has 1 aromatic carbocycles. The molecule has 5 heteroatoms. The van der Waals surface area contributed by atoms with E-state index >= 15 is 0 Å². The molecular weight excluding hydrogens is 288 g/mol. The topological polar surface area (TPSA) is 65.1 Å². The summed E-state index contributed by atoms with van der Waals surface area (Å²) in [6.45, 7) is 6.22. The fourth-order valence-electron chi connectivity index (χ4n) is 2.30. The van der Waals surface area contributed by atoms with Gasteiger partial charge in [0.15, 0.2) is 0 Å². The molecule has 0 radical (unpaired) electrons. The number of hydrogen-bond donors (Lipinski definition) is 3. The maximum atomic E-state index is 11.5. The average molecular weight is 309 g/mol. The van der Waals surface area contributed by atoms with Crippen LogP contribution < -0.4 is 5.32 Å². The number of carbonyl (C=O) groups is 1. The summed E-state index contributed by atoms with van der Waals surface area (Å²) in [7, 11) is 0. The van der Waals surface area contributed by atoms with Crippen LogP contribution >= 0.6 is 11.6 Å². The van der Waals surface area contributed by atoms with Crippen LogP contribution in [0, 0.1) is 0 Å². The molecular formula is C16H21ClN2O2. The minimum atomic E-state index is -0.625. The Morgan fingerprint density at radius 2 is 2.05 bits per heavy atom. The van der Waals surface area contributed by atoms with E-state index in [1.807, 2.05) is 12.1 Å². The lowest BCUT2D eigenvalue weighted by molar-refractivity contribution is -0.122. The van der Waals surface area contributed by atoms with Crippen LogP contribution in [0.4, 0.5) is 0 Å². The van der Waals surface area contributed by atoms with Crippen LogP contribution in [0.1, 0.15) is 44.4 Å². The summed E-state index contributed by atoms with van der Waals surface area (Å²) >= 11 is 6.28. The number of nitrogens with one attached hydrogen (secondary N) is 2. The van der Waals surface area contributed by atoms with Gasteiger partial charge in [-0.3, -0.25) is 4.79 Å². The van der Waals surface area contributed by atoms with Gasteiger partial charge < -0.3 is 15.4 Å². The van der Waals surface area contributed by atoms with E-state index in [0.29, 0.717) is 12.5 Å². The molecule has 0 saturated heterocycles.